The van der Waals surface area contributed by atoms with Crippen LogP contribution in [0.25, 0.3) is 0 Å². The smallest absolute Gasteiger partial charge is 0.147 e. The van der Waals surface area contributed by atoms with E-state index in [1.807, 2.05) is 24.5 Å². The predicted octanol–water partition coefficient (Wildman–Crippen LogP) is 2.10. The van der Waals surface area contributed by atoms with Gasteiger partial charge in [0, 0.05) is 44.3 Å². The van der Waals surface area contributed by atoms with Gasteiger partial charge in [0.15, 0.2) is 0 Å². The Balaban J connectivity index is 1.20. The molecule has 1 saturated heterocycles. The van der Waals surface area contributed by atoms with Crippen LogP contribution < -0.4 is 15.5 Å². The second kappa shape index (κ2) is 8.10. The summed E-state index contributed by atoms with van der Waals surface area (Å²) < 4.78 is 13.0. The SMILES string of the molecule is Fc1ccc([C@@H]2C[C@H]2NCCCc2cncc(N3CCNCC3)n2)cc1. The molecule has 0 spiro atoms. The molecule has 1 saturated carbocycles. The molecule has 6 heteroatoms. The lowest BCUT2D eigenvalue weighted by molar-refractivity contribution is 0.582. The Morgan fingerprint density at radius 2 is 1.96 bits per heavy atom. The number of anilines is 1. The minimum Gasteiger partial charge on any atom is -0.353 e. The Morgan fingerprint density at radius 1 is 1.15 bits per heavy atom. The van der Waals surface area contributed by atoms with Gasteiger partial charge in [0.1, 0.15) is 11.6 Å². The van der Waals surface area contributed by atoms with Crippen LogP contribution in [0, 0.1) is 5.82 Å². The molecule has 5 nitrogen and oxygen atoms in total. The zero-order chi connectivity index (χ0) is 17.8. The first-order chi connectivity index (χ1) is 12.8. The van der Waals surface area contributed by atoms with Crippen molar-refractivity contribution in [2.45, 2.75) is 31.2 Å². The van der Waals surface area contributed by atoms with Crippen molar-refractivity contribution in [1.29, 1.82) is 0 Å². The van der Waals surface area contributed by atoms with Crippen LogP contribution in [0.3, 0.4) is 0 Å². The average Bonchev–Trinajstić information content (AvgIpc) is 3.46. The Morgan fingerprint density at radius 3 is 2.77 bits per heavy atom. The molecule has 0 bridgehead atoms. The molecule has 1 aliphatic heterocycles. The monoisotopic (exact) mass is 355 g/mol. The van der Waals surface area contributed by atoms with Crippen molar-refractivity contribution in [2.24, 2.45) is 0 Å². The summed E-state index contributed by atoms with van der Waals surface area (Å²) in [4.78, 5) is 11.4. The number of piperazine rings is 1. The predicted molar refractivity (Wildman–Crippen MR) is 101 cm³/mol. The van der Waals surface area contributed by atoms with E-state index >= 15 is 0 Å². The lowest BCUT2D eigenvalue weighted by Crippen LogP contribution is -2.44. The largest absolute Gasteiger partial charge is 0.353 e. The standard InChI is InChI=1S/C20H26FN5/c21-16-5-3-15(4-6-16)18-12-19(18)24-7-1-2-17-13-23-14-20(25-17)26-10-8-22-9-11-26/h3-6,13-14,18-19,22,24H,1-2,7-12H2/t18-,19+/m0/s1. The molecule has 0 unspecified atom stereocenters. The molecule has 0 amide bonds. The number of halogens is 1. The van der Waals surface area contributed by atoms with Crippen molar-refractivity contribution >= 4 is 5.82 Å². The van der Waals surface area contributed by atoms with Crippen LogP contribution in [-0.4, -0.2) is 48.7 Å². The van der Waals surface area contributed by atoms with E-state index in [1.54, 1.807) is 12.1 Å². The fraction of sp³-hybridized carbons (Fsp3) is 0.500. The number of nitrogens with zero attached hydrogens (tertiary/aromatic N) is 3. The van der Waals surface area contributed by atoms with E-state index in [1.165, 1.54) is 5.56 Å². The number of aromatic nitrogens is 2. The molecular formula is C20H26FN5. The van der Waals surface area contributed by atoms with E-state index < -0.39 is 0 Å². The molecule has 2 aliphatic rings. The van der Waals surface area contributed by atoms with E-state index in [2.05, 4.69) is 20.5 Å². The summed E-state index contributed by atoms with van der Waals surface area (Å²) in [5.74, 6) is 1.37. The normalized spacial score (nSPS) is 22.4. The number of aryl methyl sites for hydroxylation is 1. The van der Waals surface area contributed by atoms with E-state index in [4.69, 9.17) is 4.98 Å². The second-order valence-corrected chi connectivity index (χ2v) is 7.16. The van der Waals surface area contributed by atoms with Gasteiger partial charge in [-0.15, -0.1) is 0 Å². The van der Waals surface area contributed by atoms with Gasteiger partial charge in [-0.3, -0.25) is 4.98 Å². The molecule has 2 fully saturated rings. The molecule has 1 aromatic carbocycles. The van der Waals surface area contributed by atoms with Crippen molar-refractivity contribution < 1.29 is 4.39 Å². The van der Waals surface area contributed by atoms with Crippen LogP contribution in [0.15, 0.2) is 36.7 Å². The highest BCUT2D eigenvalue weighted by molar-refractivity contribution is 5.37. The summed E-state index contributed by atoms with van der Waals surface area (Å²) in [6.45, 7) is 4.97. The van der Waals surface area contributed by atoms with Gasteiger partial charge in [0.2, 0.25) is 0 Å². The van der Waals surface area contributed by atoms with Gasteiger partial charge in [-0.25, -0.2) is 9.37 Å². The first kappa shape index (κ1) is 17.4. The number of rotatable bonds is 7. The third-order valence-corrected chi connectivity index (χ3v) is 5.22. The van der Waals surface area contributed by atoms with Gasteiger partial charge in [-0.05, 0) is 43.5 Å². The highest BCUT2D eigenvalue weighted by Gasteiger charge is 2.37. The molecule has 138 valence electrons. The first-order valence-electron chi connectivity index (χ1n) is 9.55. The van der Waals surface area contributed by atoms with E-state index in [9.17, 15) is 4.39 Å². The van der Waals surface area contributed by atoms with Gasteiger partial charge in [0.05, 0.1) is 11.9 Å². The van der Waals surface area contributed by atoms with Crippen LogP contribution in [0.1, 0.15) is 30.0 Å². The molecule has 2 heterocycles. The van der Waals surface area contributed by atoms with Crippen LogP contribution in [0.4, 0.5) is 10.2 Å². The molecule has 1 aromatic heterocycles. The first-order valence-corrected chi connectivity index (χ1v) is 9.55. The molecule has 2 N–H and O–H groups in total. The minimum atomic E-state index is -0.164. The summed E-state index contributed by atoms with van der Waals surface area (Å²) in [7, 11) is 0. The van der Waals surface area contributed by atoms with Crippen molar-refractivity contribution in [3.8, 4) is 0 Å². The molecular weight excluding hydrogens is 329 g/mol. The van der Waals surface area contributed by atoms with Crippen molar-refractivity contribution in [3.05, 3.63) is 53.7 Å². The Bertz CT molecular complexity index is 714. The maximum Gasteiger partial charge on any atom is 0.147 e. The second-order valence-electron chi connectivity index (χ2n) is 7.16. The Hall–Kier alpha value is -2.05. The molecule has 2 atom stereocenters. The number of hydrogen-bond acceptors (Lipinski definition) is 5. The topological polar surface area (TPSA) is 53.1 Å². The number of benzene rings is 1. The van der Waals surface area contributed by atoms with Gasteiger partial charge in [-0.1, -0.05) is 12.1 Å². The fourth-order valence-electron chi connectivity index (χ4n) is 3.62. The van der Waals surface area contributed by atoms with E-state index in [-0.39, 0.29) is 5.82 Å². The summed E-state index contributed by atoms with van der Waals surface area (Å²) in [5.41, 5.74) is 2.30. The van der Waals surface area contributed by atoms with Gasteiger partial charge >= 0.3 is 0 Å². The van der Waals surface area contributed by atoms with Crippen molar-refractivity contribution in [2.75, 3.05) is 37.6 Å². The van der Waals surface area contributed by atoms with Crippen LogP contribution in [0.5, 0.6) is 0 Å². The number of hydrogen-bond donors (Lipinski definition) is 2. The highest BCUT2D eigenvalue weighted by atomic mass is 19.1. The summed E-state index contributed by atoms with van der Waals surface area (Å²) in [6, 6.07) is 7.43. The maximum atomic E-state index is 13.0. The Kier molecular flexibility index (Phi) is 5.41. The maximum absolute atomic E-state index is 13.0. The van der Waals surface area contributed by atoms with Gasteiger partial charge in [0.25, 0.3) is 0 Å². The molecule has 4 rings (SSSR count). The van der Waals surface area contributed by atoms with Gasteiger partial charge in [-0.2, -0.15) is 0 Å². The molecule has 26 heavy (non-hydrogen) atoms. The quantitative estimate of drug-likeness (QED) is 0.745. The molecule has 0 radical (unpaired) electrons. The number of nitrogens with one attached hydrogen (secondary N) is 2. The summed E-state index contributed by atoms with van der Waals surface area (Å²) in [6.07, 6.45) is 6.87. The van der Waals surface area contributed by atoms with Crippen molar-refractivity contribution in [1.82, 2.24) is 20.6 Å². The van der Waals surface area contributed by atoms with Crippen LogP contribution in [-0.2, 0) is 6.42 Å². The average molecular weight is 355 g/mol. The molecule has 1 aliphatic carbocycles. The van der Waals surface area contributed by atoms with E-state index in [0.717, 1.165) is 63.5 Å². The summed E-state index contributed by atoms with van der Waals surface area (Å²) in [5, 5.41) is 6.97. The van der Waals surface area contributed by atoms with Gasteiger partial charge < -0.3 is 15.5 Å². The van der Waals surface area contributed by atoms with Crippen LogP contribution >= 0.6 is 0 Å². The lowest BCUT2D eigenvalue weighted by Gasteiger charge is -2.28. The van der Waals surface area contributed by atoms with Crippen molar-refractivity contribution in [3.63, 3.8) is 0 Å². The highest BCUT2D eigenvalue weighted by Crippen LogP contribution is 2.40. The minimum absolute atomic E-state index is 0.164. The van der Waals surface area contributed by atoms with E-state index in [0.29, 0.717) is 12.0 Å². The lowest BCUT2D eigenvalue weighted by atomic mass is 10.1. The third-order valence-electron chi connectivity index (χ3n) is 5.22. The molecule has 2 aromatic rings. The van der Waals surface area contributed by atoms with Crippen LogP contribution in [0.2, 0.25) is 0 Å². The third kappa shape index (κ3) is 4.37. The summed E-state index contributed by atoms with van der Waals surface area (Å²) >= 11 is 0. The zero-order valence-electron chi connectivity index (χ0n) is 15.0. The Labute approximate surface area is 154 Å². The zero-order valence-corrected chi connectivity index (χ0v) is 15.0. The fourth-order valence-corrected chi connectivity index (χ4v) is 3.62.